The maximum Gasteiger partial charge on any atom is 0.160 e. The summed E-state index contributed by atoms with van der Waals surface area (Å²) in [6, 6.07) is 0. The summed E-state index contributed by atoms with van der Waals surface area (Å²) in [6.07, 6.45) is -2.07. The summed E-state index contributed by atoms with van der Waals surface area (Å²) in [5.74, 6) is 0. The van der Waals surface area contributed by atoms with Crippen molar-refractivity contribution >= 4 is 0 Å². The van der Waals surface area contributed by atoms with Crippen LogP contribution in [0, 0.1) is 0 Å². The summed E-state index contributed by atoms with van der Waals surface area (Å²) >= 11 is 0. The summed E-state index contributed by atoms with van der Waals surface area (Å²) in [5, 5.41) is 27.7. The van der Waals surface area contributed by atoms with E-state index in [4.69, 9.17) is 14.6 Å². The van der Waals surface area contributed by atoms with Crippen LogP contribution in [-0.4, -0.2) is 53.1 Å². The zero-order chi connectivity index (χ0) is 10.6. The molecule has 5 heteroatoms. The second-order valence-corrected chi connectivity index (χ2v) is 3.45. The minimum Gasteiger partial charge on any atom is -0.394 e. The molecule has 1 fully saturated rings. The highest BCUT2D eigenvalue weighted by molar-refractivity contribution is 4.82. The van der Waals surface area contributed by atoms with Gasteiger partial charge in [-0.2, -0.15) is 0 Å². The molecule has 1 rings (SSSR count). The number of ether oxygens (including phenoxy) is 2. The van der Waals surface area contributed by atoms with Crippen molar-refractivity contribution < 1.29 is 24.8 Å². The lowest BCUT2D eigenvalue weighted by molar-refractivity contribution is -0.256. The molecule has 1 heterocycles. The van der Waals surface area contributed by atoms with Gasteiger partial charge in [0.15, 0.2) is 6.29 Å². The van der Waals surface area contributed by atoms with Crippen LogP contribution in [0.4, 0.5) is 0 Å². The summed E-state index contributed by atoms with van der Waals surface area (Å²) in [7, 11) is 0. The molecule has 0 saturated carbocycles. The Balaban J connectivity index is 2.41. The second-order valence-electron chi connectivity index (χ2n) is 3.45. The Morgan fingerprint density at radius 3 is 2.71 bits per heavy atom. The molecule has 5 nitrogen and oxygen atoms in total. The topological polar surface area (TPSA) is 79.2 Å². The molecule has 1 aliphatic rings. The molecule has 3 N–H and O–H groups in total. The molecule has 0 bridgehead atoms. The molecule has 0 aromatic carbocycles. The van der Waals surface area contributed by atoms with Crippen LogP contribution in [0.2, 0.25) is 0 Å². The molecule has 0 aromatic heterocycles. The fraction of sp³-hybridized carbons (Fsp3) is 1.00. The second kappa shape index (κ2) is 5.63. The van der Waals surface area contributed by atoms with Crippen molar-refractivity contribution in [3.05, 3.63) is 0 Å². The third-order valence-corrected chi connectivity index (χ3v) is 2.22. The Morgan fingerprint density at radius 1 is 1.43 bits per heavy atom. The summed E-state index contributed by atoms with van der Waals surface area (Å²) in [4.78, 5) is 0. The molecular formula is C9H18O5. The van der Waals surface area contributed by atoms with Gasteiger partial charge in [0, 0.05) is 13.0 Å². The quantitative estimate of drug-likeness (QED) is 0.563. The minimum atomic E-state index is -1.03. The predicted octanol–water partition coefficient (Wildman–Crippen LogP) is -0.758. The third-order valence-electron chi connectivity index (χ3n) is 2.22. The van der Waals surface area contributed by atoms with Gasteiger partial charge in [0.2, 0.25) is 0 Å². The molecule has 0 aromatic rings. The highest BCUT2D eigenvalue weighted by atomic mass is 16.7. The van der Waals surface area contributed by atoms with E-state index in [2.05, 4.69) is 0 Å². The Labute approximate surface area is 83.3 Å². The summed E-state index contributed by atoms with van der Waals surface area (Å²) in [6.45, 7) is 2.20. The lowest BCUT2D eigenvalue weighted by Gasteiger charge is -2.35. The van der Waals surface area contributed by atoms with E-state index >= 15 is 0 Å². The van der Waals surface area contributed by atoms with E-state index in [-0.39, 0.29) is 13.0 Å². The number of aliphatic hydroxyl groups excluding tert-OH is 3. The molecule has 1 aliphatic heterocycles. The van der Waals surface area contributed by atoms with Crippen LogP contribution in [0.25, 0.3) is 0 Å². The average molecular weight is 206 g/mol. The van der Waals surface area contributed by atoms with Crippen LogP contribution >= 0.6 is 0 Å². The summed E-state index contributed by atoms with van der Waals surface area (Å²) in [5.41, 5.74) is 0. The van der Waals surface area contributed by atoms with Gasteiger partial charge in [-0.1, -0.05) is 6.92 Å². The maximum atomic E-state index is 9.43. The Morgan fingerprint density at radius 2 is 2.14 bits per heavy atom. The van der Waals surface area contributed by atoms with Gasteiger partial charge in [0.05, 0.1) is 12.7 Å². The molecule has 1 saturated heterocycles. The highest BCUT2D eigenvalue weighted by Crippen LogP contribution is 2.20. The van der Waals surface area contributed by atoms with E-state index in [0.717, 1.165) is 6.42 Å². The molecule has 0 radical (unpaired) electrons. The fourth-order valence-corrected chi connectivity index (χ4v) is 1.42. The summed E-state index contributed by atoms with van der Waals surface area (Å²) < 4.78 is 10.5. The number of aliphatic hydroxyl groups is 3. The normalized spacial score (nSPS) is 38.6. The van der Waals surface area contributed by atoms with Gasteiger partial charge in [-0.25, -0.2) is 0 Å². The highest BCUT2D eigenvalue weighted by Gasteiger charge is 2.36. The molecule has 14 heavy (non-hydrogen) atoms. The van der Waals surface area contributed by atoms with Gasteiger partial charge >= 0.3 is 0 Å². The number of hydrogen-bond donors (Lipinski definition) is 3. The standard InChI is InChI=1S/C9H18O5/c1-2-3-13-8-4-6(11)9(12)7(5-10)14-8/h6-12H,2-5H2,1H3/t6-,7-,8-,9-/m1/s1. The molecular weight excluding hydrogens is 188 g/mol. The van der Waals surface area contributed by atoms with Gasteiger partial charge in [-0.15, -0.1) is 0 Å². The maximum absolute atomic E-state index is 9.43. The van der Waals surface area contributed by atoms with Crippen LogP contribution in [0.5, 0.6) is 0 Å². The lowest BCUT2D eigenvalue weighted by atomic mass is 10.0. The van der Waals surface area contributed by atoms with Crippen molar-refractivity contribution in [2.45, 2.75) is 44.4 Å². The first kappa shape index (κ1) is 11.9. The average Bonchev–Trinajstić information content (AvgIpc) is 2.19. The van der Waals surface area contributed by atoms with Crippen molar-refractivity contribution in [1.82, 2.24) is 0 Å². The van der Waals surface area contributed by atoms with E-state index in [0.29, 0.717) is 6.61 Å². The van der Waals surface area contributed by atoms with Crippen LogP contribution in [0.15, 0.2) is 0 Å². The van der Waals surface area contributed by atoms with Crippen molar-refractivity contribution in [1.29, 1.82) is 0 Å². The van der Waals surface area contributed by atoms with E-state index < -0.39 is 24.6 Å². The molecule has 0 aliphatic carbocycles. The molecule has 0 amide bonds. The van der Waals surface area contributed by atoms with Crippen molar-refractivity contribution in [3.63, 3.8) is 0 Å². The Hall–Kier alpha value is -0.200. The number of rotatable bonds is 4. The molecule has 0 spiro atoms. The largest absolute Gasteiger partial charge is 0.394 e. The third kappa shape index (κ3) is 2.90. The fourth-order valence-electron chi connectivity index (χ4n) is 1.42. The van der Waals surface area contributed by atoms with E-state index in [1.807, 2.05) is 6.92 Å². The van der Waals surface area contributed by atoms with Gasteiger partial charge in [-0.05, 0) is 6.42 Å². The van der Waals surface area contributed by atoms with Crippen molar-refractivity contribution in [2.24, 2.45) is 0 Å². The SMILES string of the molecule is CCCO[C@H]1C[C@@H](O)[C@@H](O)[C@@H](CO)O1. The van der Waals surface area contributed by atoms with Gasteiger partial charge in [0.25, 0.3) is 0 Å². The van der Waals surface area contributed by atoms with Crippen LogP contribution in [0.3, 0.4) is 0 Å². The lowest BCUT2D eigenvalue weighted by Crippen LogP contribution is -2.50. The first-order chi connectivity index (χ1) is 6.69. The molecule has 0 unspecified atom stereocenters. The van der Waals surface area contributed by atoms with E-state index in [1.54, 1.807) is 0 Å². The van der Waals surface area contributed by atoms with Crippen LogP contribution in [0.1, 0.15) is 19.8 Å². The van der Waals surface area contributed by atoms with Gasteiger partial charge in [-0.3, -0.25) is 0 Å². The monoisotopic (exact) mass is 206 g/mol. The Kier molecular flexibility index (Phi) is 4.77. The van der Waals surface area contributed by atoms with Gasteiger partial charge in [0.1, 0.15) is 12.2 Å². The van der Waals surface area contributed by atoms with Crippen molar-refractivity contribution in [3.8, 4) is 0 Å². The van der Waals surface area contributed by atoms with E-state index in [9.17, 15) is 10.2 Å². The van der Waals surface area contributed by atoms with Gasteiger partial charge < -0.3 is 24.8 Å². The zero-order valence-electron chi connectivity index (χ0n) is 8.30. The smallest absolute Gasteiger partial charge is 0.160 e. The Bertz CT molecular complexity index is 163. The molecule has 4 atom stereocenters. The van der Waals surface area contributed by atoms with Crippen LogP contribution < -0.4 is 0 Å². The zero-order valence-corrected chi connectivity index (χ0v) is 8.30. The first-order valence-corrected chi connectivity index (χ1v) is 4.93. The number of hydrogen-bond acceptors (Lipinski definition) is 5. The van der Waals surface area contributed by atoms with E-state index in [1.165, 1.54) is 0 Å². The van der Waals surface area contributed by atoms with Crippen molar-refractivity contribution in [2.75, 3.05) is 13.2 Å². The first-order valence-electron chi connectivity index (χ1n) is 4.93. The predicted molar refractivity (Wildman–Crippen MR) is 48.6 cm³/mol. The minimum absolute atomic E-state index is 0.248. The van der Waals surface area contributed by atoms with Crippen LogP contribution in [-0.2, 0) is 9.47 Å². The molecule has 84 valence electrons.